The molecule has 1 N–H and O–H groups in total. The highest BCUT2D eigenvalue weighted by atomic mass is 15.1. The number of rotatable bonds is 0. The van der Waals surface area contributed by atoms with Crippen LogP contribution in [0.25, 0.3) is 0 Å². The van der Waals surface area contributed by atoms with Crippen LogP contribution in [0.2, 0.25) is 0 Å². The van der Waals surface area contributed by atoms with E-state index in [0.29, 0.717) is 0 Å². The molecule has 0 amide bonds. The maximum atomic E-state index is 7.24. The third-order valence-corrected chi connectivity index (χ3v) is 1.23. The van der Waals surface area contributed by atoms with Gasteiger partial charge in [-0.1, -0.05) is 0 Å². The highest BCUT2D eigenvalue weighted by Crippen LogP contribution is 2.09. The quantitative estimate of drug-likeness (QED) is 0.555. The van der Waals surface area contributed by atoms with Crippen molar-refractivity contribution in [2.75, 3.05) is 12.0 Å². The van der Waals surface area contributed by atoms with Gasteiger partial charge in [0.1, 0.15) is 18.7 Å². The molecule has 0 radical (unpaired) electrons. The highest BCUT2D eigenvalue weighted by molar-refractivity contribution is 5.86. The smallest absolute Gasteiger partial charge is 0.116 e. The Hall–Kier alpha value is -1.45. The second-order valence-electron chi connectivity index (χ2n) is 1.87. The Bertz CT molecular complexity index is 298. The van der Waals surface area contributed by atoms with Crippen molar-refractivity contribution in [3.8, 4) is 0 Å². The molecule has 1 aliphatic heterocycles. The van der Waals surface area contributed by atoms with E-state index in [1.165, 1.54) is 6.33 Å². The van der Waals surface area contributed by atoms with Crippen LogP contribution in [0.5, 0.6) is 0 Å². The van der Waals surface area contributed by atoms with Crippen LogP contribution in [0.4, 0.5) is 5.69 Å². The largest absolute Gasteiger partial charge is 0.363 e. The third kappa shape index (κ3) is 0.737. The lowest BCUT2D eigenvalue weighted by atomic mass is 10.3. The minimum atomic E-state index is -0.617. The number of aliphatic imine (C=N–C) groups is 1. The fourth-order valence-corrected chi connectivity index (χ4v) is 0.768. The summed E-state index contributed by atoms with van der Waals surface area (Å²) >= 11 is 0. The first-order chi connectivity index (χ1) is 5.36. The van der Waals surface area contributed by atoms with Crippen molar-refractivity contribution in [3.05, 3.63) is 18.2 Å². The van der Waals surface area contributed by atoms with Gasteiger partial charge in [0, 0.05) is 0 Å². The van der Waals surface area contributed by atoms with Gasteiger partial charge in [-0.3, -0.25) is 4.99 Å². The lowest BCUT2D eigenvalue weighted by Crippen LogP contribution is -2.09. The summed E-state index contributed by atoms with van der Waals surface area (Å²) in [6.07, 6.45) is 4.66. The number of nitrogens with zero attached hydrogens (tertiary/aromatic N) is 3. The zero-order valence-electron chi connectivity index (χ0n) is 6.15. The fraction of sp³-hybridized carbons (Fsp3) is 0.167. The zero-order valence-corrected chi connectivity index (χ0v) is 5.15. The maximum absolute atomic E-state index is 7.24. The molecule has 2 heterocycles. The standard InChI is InChI=1S/C6H6N4/c1-5-6(10-3-7-1)2-8-4-9-5/h1-3,9H,4H2/i4D. The second kappa shape index (κ2) is 2.06. The molecule has 10 heavy (non-hydrogen) atoms. The minimum absolute atomic E-state index is 0.617. The fourth-order valence-electron chi connectivity index (χ4n) is 0.768. The van der Waals surface area contributed by atoms with Gasteiger partial charge in [0.25, 0.3) is 0 Å². The molecule has 0 spiro atoms. The zero-order chi connectivity index (χ0) is 7.68. The van der Waals surface area contributed by atoms with Gasteiger partial charge in [-0.15, -0.1) is 0 Å². The van der Waals surface area contributed by atoms with Gasteiger partial charge in [0.05, 0.1) is 19.5 Å². The normalized spacial score (nSPS) is 22.8. The maximum Gasteiger partial charge on any atom is 0.116 e. The average molecular weight is 135 g/mol. The van der Waals surface area contributed by atoms with Crippen molar-refractivity contribution in [3.63, 3.8) is 0 Å². The molecule has 0 aliphatic carbocycles. The average Bonchev–Trinajstić information content (AvgIpc) is 2.04. The van der Waals surface area contributed by atoms with Gasteiger partial charge < -0.3 is 5.32 Å². The van der Waals surface area contributed by atoms with E-state index in [0.717, 1.165) is 11.4 Å². The van der Waals surface area contributed by atoms with E-state index < -0.39 is 6.64 Å². The third-order valence-electron chi connectivity index (χ3n) is 1.23. The van der Waals surface area contributed by atoms with Crippen LogP contribution >= 0.6 is 0 Å². The predicted octanol–water partition coefficient (Wildman–Crippen LogP) is 0.278. The lowest BCUT2D eigenvalue weighted by molar-refractivity contribution is 1.07. The summed E-state index contributed by atoms with van der Waals surface area (Å²) in [5.41, 5.74) is 1.51. The van der Waals surface area contributed by atoms with Crippen molar-refractivity contribution in [1.82, 2.24) is 9.97 Å². The molecule has 0 saturated carbocycles. The Morgan fingerprint density at radius 1 is 1.70 bits per heavy atom. The van der Waals surface area contributed by atoms with E-state index in [-0.39, 0.29) is 0 Å². The molecule has 1 atom stereocenters. The molecule has 1 aliphatic rings. The number of anilines is 1. The molecule has 1 unspecified atom stereocenters. The van der Waals surface area contributed by atoms with Crippen LogP contribution in [0.3, 0.4) is 0 Å². The van der Waals surface area contributed by atoms with E-state index in [4.69, 9.17) is 1.37 Å². The van der Waals surface area contributed by atoms with Crippen LogP contribution in [0.15, 0.2) is 17.5 Å². The first kappa shape index (κ1) is 4.38. The van der Waals surface area contributed by atoms with Crippen LogP contribution in [-0.4, -0.2) is 22.8 Å². The molecule has 0 bridgehead atoms. The molecule has 0 fully saturated rings. The van der Waals surface area contributed by atoms with Gasteiger partial charge in [0.15, 0.2) is 0 Å². The molecule has 1 aromatic rings. The van der Waals surface area contributed by atoms with Crippen molar-refractivity contribution >= 4 is 11.9 Å². The monoisotopic (exact) mass is 135 g/mol. The topological polar surface area (TPSA) is 50.2 Å². The Morgan fingerprint density at radius 2 is 2.70 bits per heavy atom. The summed E-state index contributed by atoms with van der Waals surface area (Å²) in [5, 5.41) is 2.80. The van der Waals surface area contributed by atoms with Crippen LogP contribution in [0.1, 0.15) is 7.06 Å². The van der Waals surface area contributed by atoms with E-state index in [9.17, 15) is 0 Å². The van der Waals surface area contributed by atoms with E-state index in [2.05, 4.69) is 20.3 Å². The van der Waals surface area contributed by atoms with Gasteiger partial charge in [-0.2, -0.15) is 0 Å². The van der Waals surface area contributed by atoms with Crippen molar-refractivity contribution in [2.24, 2.45) is 4.99 Å². The predicted molar refractivity (Wildman–Crippen MR) is 38.1 cm³/mol. The number of fused-ring (bicyclic) bond motifs is 1. The van der Waals surface area contributed by atoms with Gasteiger partial charge in [0.2, 0.25) is 0 Å². The summed E-state index contributed by atoms with van der Waals surface area (Å²) in [5.74, 6) is 0. The van der Waals surface area contributed by atoms with Crippen LogP contribution in [0, 0.1) is 0 Å². The second-order valence-corrected chi connectivity index (χ2v) is 1.87. The number of aromatic nitrogens is 2. The van der Waals surface area contributed by atoms with E-state index >= 15 is 0 Å². The van der Waals surface area contributed by atoms with Crippen LogP contribution < -0.4 is 5.32 Å². The first-order valence-corrected chi connectivity index (χ1v) is 2.88. The lowest BCUT2D eigenvalue weighted by Gasteiger charge is -2.08. The summed E-state index contributed by atoms with van der Waals surface area (Å²) in [6.45, 7) is -0.617. The molecule has 2 rings (SSSR count). The van der Waals surface area contributed by atoms with Gasteiger partial charge in [-0.25, -0.2) is 9.97 Å². The molecule has 0 saturated heterocycles. The molecule has 50 valence electrons. The van der Waals surface area contributed by atoms with E-state index in [1.54, 1.807) is 12.4 Å². The van der Waals surface area contributed by atoms with E-state index in [1.807, 2.05) is 0 Å². The SMILES string of the molecule is [2H]C1N=Cc2ncncc2N1. The number of hydrogen-bond acceptors (Lipinski definition) is 4. The van der Waals surface area contributed by atoms with Gasteiger partial charge >= 0.3 is 0 Å². The Balaban J connectivity index is 2.46. The van der Waals surface area contributed by atoms with Crippen molar-refractivity contribution < 1.29 is 1.37 Å². The Morgan fingerprint density at radius 3 is 3.70 bits per heavy atom. The number of nitrogens with one attached hydrogen (secondary N) is 1. The Kier molecular flexibility index (Phi) is 0.901. The van der Waals surface area contributed by atoms with Crippen molar-refractivity contribution in [1.29, 1.82) is 0 Å². The summed E-state index contributed by atoms with van der Waals surface area (Å²) < 4.78 is 7.24. The summed E-state index contributed by atoms with van der Waals surface area (Å²) in [4.78, 5) is 11.6. The molecular formula is C6H6N4. The summed E-state index contributed by atoms with van der Waals surface area (Å²) in [6, 6.07) is 0. The molecular weight excluding hydrogens is 128 g/mol. The molecule has 4 nitrogen and oxygen atoms in total. The number of hydrogen-bond donors (Lipinski definition) is 1. The minimum Gasteiger partial charge on any atom is -0.363 e. The summed E-state index contributed by atoms with van der Waals surface area (Å²) in [7, 11) is 0. The molecule has 4 heteroatoms. The Labute approximate surface area is 59.4 Å². The molecule has 0 aromatic carbocycles. The van der Waals surface area contributed by atoms with Gasteiger partial charge in [-0.05, 0) is 0 Å². The van der Waals surface area contributed by atoms with Crippen LogP contribution in [-0.2, 0) is 0 Å². The first-order valence-electron chi connectivity index (χ1n) is 3.46. The van der Waals surface area contributed by atoms with Crippen molar-refractivity contribution in [2.45, 2.75) is 0 Å². The molecule has 1 aromatic heterocycles. The highest BCUT2D eigenvalue weighted by Gasteiger charge is 2.02.